The number of amides is 1. The summed E-state index contributed by atoms with van der Waals surface area (Å²) in [5.41, 5.74) is -0.198. The molecule has 0 saturated carbocycles. The Morgan fingerprint density at radius 3 is 2.68 bits per heavy atom. The predicted molar refractivity (Wildman–Crippen MR) is 79.4 cm³/mol. The van der Waals surface area contributed by atoms with Crippen LogP contribution in [0.4, 0.5) is 25.1 Å². The third kappa shape index (κ3) is 3.96. The molecule has 0 aliphatic carbocycles. The van der Waals surface area contributed by atoms with Gasteiger partial charge in [0, 0.05) is 13.1 Å². The number of aromatic amines is 1. The molecule has 1 aliphatic rings. The van der Waals surface area contributed by atoms with Gasteiger partial charge in [-0.1, -0.05) is 11.6 Å². The van der Waals surface area contributed by atoms with Crippen molar-refractivity contribution in [2.45, 2.75) is 6.18 Å². The second-order valence-electron chi connectivity index (χ2n) is 4.93. The summed E-state index contributed by atoms with van der Waals surface area (Å²) in [6, 6.07) is 0. The van der Waals surface area contributed by atoms with Gasteiger partial charge in [-0.2, -0.15) is 18.2 Å². The quantitative estimate of drug-likeness (QED) is 0.831. The van der Waals surface area contributed by atoms with Crippen molar-refractivity contribution in [2.24, 2.45) is 0 Å². The van der Waals surface area contributed by atoms with Crippen molar-refractivity contribution >= 4 is 29.4 Å². The Balaban J connectivity index is 1.78. The molecule has 0 unspecified atom stereocenters. The smallest absolute Gasteiger partial charge is 0.378 e. The highest BCUT2D eigenvalue weighted by atomic mass is 35.5. The van der Waals surface area contributed by atoms with E-state index in [1.54, 1.807) is 10.00 Å². The number of nitrogens with one attached hydrogen (secondary N) is 2. The fraction of sp³-hybridized carbons (Fsp3) is 0.417. The van der Waals surface area contributed by atoms with E-state index in [-0.39, 0.29) is 16.7 Å². The zero-order valence-corrected chi connectivity index (χ0v) is 13.2. The van der Waals surface area contributed by atoms with Crippen LogP contribution in [-0.4, -0.2) is 57.4 Å². The van der Waals surface area contributed by atoms with Gasteiger partial charge in [0.2, 0.25) is 17.7 Å². The molecule has 1 saturated heterocycles. The standard InChI is InChI=1S/C12H11ClF3N7O2/c13-6-5-17-11(23-1-3-25-4-2-23)18-7(6)8(24)19-10-20-9(21-22-10)12(14,15)16/h5H,1-4H2,(H2,19,20,21,22,24). The number of morpholine rings is 1. The summed E-state index contributed by atoms with van der Waals surface area (Å²) in [5.74, 6) is -2.45. The summed E-state index contributed by atoms with van der Waals surface area (Å²) in [7, 11) is 0. The lowest BCUT2D eigenvalue weighted by molar-refractivity contribution is -0.144. The first-order valence-corrected chi connectivity index (χ1v) is 7.38. The molecule has 134 valence electrons. The van der Waals surface area contributed by atoms with Gasteiger partial charge >= 0.3 is 6.18 Å². The lowest BCUT2D eigenvalue weighted by Gasteiger charge is -2.26. The topological polar surface area (TPSA) is 109 Å². The van der Waals surface area contributed by atoms with E-state index < -0.39 is 23.9 Å². The Kier molecular flexibility index (Phi) is 4.72. The van der Waals surface area contributed by atoms with Crippen molar-refractivity contribution in [3.63, 3.8) is 0 Å². The Hall–Kier alpha value is -2.47. The number of ether oxygens (including phenoxy) is 1. The van der Waals surface area contributed by atoms with E-state index in [9.17, 15) is 18.0 Å². The number of anilines is 2. The minimum absolute atomic E-state index is 0.0545. The van der Waals surface area contributed by atoms with Crippen molar-refractivity contribution in [3.8, 4) is 0 Å². The third-order valence-corrected chi connectivity index (χ3v) is 3.50. The second kappa shape index (κ2) is 6.80. The molecule has 0 atom stereocenters. The largest absolute Gasteiger partial charge is 0.451 e. The molecule has 3 heterocycles. The molecule has 1 aliphatic heterocycles. The molecule has 0 aromatic carbocycles. The highest BCUT2D eigenvalue weighted by molar-refractivity contribution is 6.33. The van der Waals surface area contributed by atoms with E-state index >= 15 is 0 Å². The van der Waals surface area contributed by atoms with Crippen molar-refractivity contribution < 1.29 is 22.7 Å². The van der Waals surface area contributed by atoms with Crippen LogP contribution in [0.3, 0.4) is 0 Å². The summed E-state index contributed by atoms with van der Waals surface area (Å²) in [6.45, 7) is 2.06. The maximum atomic E-state index is 12.5. The van der Waals surface area contributed by atoms with Gasteiger partial charge < -0.3 is 9.64 Å². The molecule has 25 heavy (non-hydrogen) atoms. The lowest BCUT2D eigenvalue weighted by Crippen LogP contribution is -2.37. The first-order chi connectivity index (χ1) is 11.8. The first-order valence-electron chi connectivity index (χ1n) is 7.01. The van der Waals surface area contributed by atoms with Crippen LogP contribution in [0.25, 0.3) is 0 Å². The average Bonchev–Trinajstić information content (AvgIpc) is 3.05. The van der Waals surface area contributed by atoms with Crippen molar-refractivity contribution in [1.29, 1.82) is 0 Å². The number of nitrogens with zero attached hydrogens (tertiary/aromatic N) is 5. The summed E-state index contributed by atoms with van der Waals surface area (Å²) >= 11 is 5.92. The average molecular weight is 378 g/mol. The second-order valence-corrected chi connectivity index (χ2v) is 5.33. The van der Waals surface area contributed by atoms with E-state index in [2.05, 4.69) is 25.4 Å². The number of H-pyrrole nitrogens is 1. The Labute approximate surface area is 143 Å². The molecular formula is C12H11ClF3N7O2. The molecule has 0 bridgehead atoms. The molecule has 3 rings (SSSR count). The van der Waals surface area contributed by atoms with Crippen LogP contribution in [0.2, 0.25) is 5.02 Å². The molecule has 2 aromatic rings. The van der Waals surface area contributed by atoms with Gasteiger partial charge in [0.05, 0.1) is 24.4 Å². The number of hydrogen-bond donors (Lipinski definition) is 2. The minimum Gasteiger partial charge on any atom is -0.378 e. The highest BCUT2D eigenvalue weighted by Gasteiger charge is 2.35. The number of carbonyl (C=O) groups is 1. The molecule has 0 spiro atoms. The molecule has 2 N–H and O–H groups in total. The molecule has 1 fully saturated rings. The van der Waals surface area contributed by atoms with E-state index in [0.717, 1.165) is 0 Å². The van der Waals surface area contributed by atoms with Gasteiger partial charge in [0.25, 0.3) is 5.91 Å². The van der Waals surface area contributed by atoms with Gasteiger partial charge in [-0.15, -0.1) is 5.10 Å². The number of carbonyl (C=O) groups excluding carboxylic acids is 1. The van der Waals surface area contributed by atoms with Gasteiger partial charge in [-0.3, -0.25) is 15.2 Å². The van der Waals surface area contributed by atoms with Gasteiger partial charge in [0.1, 0.15) is 0 Å². The van der Waals surface area contributed by atoms with Crippen LogP contribution >= 0.6 is 11.6 Å². The first kappa shape index (κ1) is 17.4. The molecule has 0 radical (unpaired) electrons. The van der Waals surface area contributed by atoms with Crippen molar-refractivity contribution in [2.75, 3.05) is 36.5 Å². The van der Waals surface area contributed by atoms with Crippen molar-refractivity contribution in [1.82, 2.24) is 25.1 Å². The lowest BCUT2D eigenvalue weighted by atomic mass is 10.3. The Morgan fingerprint density at radius 2 is 2.04 bits per heavy atom. The summed E-state index contributed by atoms with van der Waals surface area (Å²) in [6.07, 6.45) is -3.46. The van der Waals surface area contributed by atoms with Crippen LogP contribution in [0.15, 0.2) is 6.20 Å². The van der Waals surface area contributed by atoms with Crippen LogP contribution in [0.5, 0.6) is 0 Å². The maximum Gasteiger partial charge on any atom is 0.451 e. The predicted octanol–water partition coefficient (Wildman–Crippen LogP) is 1.36. The fourth-order valence-corrected chi connectivity index (χ4v) is 2.21. The Bertz CT molecular complexity index is 776. The number of alkyl halides is 3. The molecule has 13 heteroatoms. The zero-order chi connectivity index (χ0) is 18.0. The molecule has 1 amide bonds. The number of halogens is 4. The van der Waals surface area contributed by atoms with Gasteiger partial charge in [0.15, 0.2) is 5.69 Å². The molecule has 2 aromatic heterocycles. The third-order valence-electron chi connectivity index (χ3n) is 3.22. The summed E-state index contributed by atoms with van der Waals surface area (Å²) in [4.78, 5) is 25.3. The van der Waals surface area contributed by atoms with Crippen LogP contribution < -0.4 is 10.2 Å². The van der Waals surface area contributed by atoms with Gasteiger partial charge in [-0.05, 0) is 0 Å². The van der Waals surface area contributed by atoms with Crippen LogP contribution in [-0.2, 0) is 10.9 Å². The fourth-order valence-electron chi connectivity index (χ4n) is 2.04. The van der Waals surface area contributed by atoms with E-state index in [0.29, 0.717) is 26.3 Å². The van der Waals surface area contributed by atoms with E-state index in [4.69, 9.17) is 16.3 Å². The number of aromatic nitrogens is 5. The van der Waals surface area contributed by atoms with Crippen LogP contribution in [0, 0.1) is 0 Å². The van der Waals surface area contributed by atoms with E-state index in [1.807, 2.05) is 0 Å². The minimum atomic E-state index is -4.70. The summed E-state index contributed by atoms with van der Waals surface area (Å²) < 4.78 is 42.7. The maximum absolute atomic E-state index is 12.5. The number of rotatable bonds is 3. The zero-order valence-electron chi connectivity index (χ0n) is 12.5. The Morgan fingerprint density at radius 1 is 1.32 bits per heavy atom. The summed E-state index contributed by atoms with van der Waals surface area (Å²) in [5, 5.41) is 7.04. The normalized spacial score (nSPS) is 15.3. The van der Waals surface area contributed by atoms with E-state index in [1.165, 1.54) is 6.20 Å². The van der Waals surface area contributed by atoms with Crippen LogP contribution in [0.1, 0.15) is 16.3 Å². The highest BCUT2D eigenvalue weighted by Crippen LogP contribution is 2.26. The SMILES string of the molecule is O=C(Nc1n[nH]c(C(F)(F)F)n1)c1nc(N2CCOCC2)ncc1Cl. The number of hydrogen-bond acceptors (Lipinski definition) is 7. The van der Waals surface area contributed by atoms with Crippen molar-refractivity contribution in [3.05, 3.63) is 22.7 Å². The molecular weight excluding hydrogens is 367 g/mol. The van der Waals surface area contributed by atoms with Gasteiger partial charge in [-0.25, -0.2) is 9.97 Å². The molecule has 9 nitrogen and oxygen atoms in total. The monoisotopic (exact) mass is 377 g/mol.